The number of nitrogens with one attached hydrogen (secondary N) is 2. The molecule has 0 heterocycles. The molecule has 16 heavy (non-hydrogen) atoms. The Morgan fingerprint density at radius 1 is 1.44 bits per heavy atom. The molecule has 1 aliphatic carbocycles. The maximum Gasteiger partial charge on any atom is 0.248 e. The summed E-state index contributed by atoms with van der Waals surface area (Å²) < 4.78 is 4.86. The number of hydrogen-bond acceptors (Lipinski definition) is 3. The summed E-state index contributed by atoms with van der Waals surface area (Å²) in [5.74, 6) is -0.0540. The Bertz CT molecular complexity index is 252. The Labute approximate surface area is 95.9 Å². The first-order valence-corrected chi connectivity index (χ1v) is 5.73. The highest BCUT2D eigenvalue weighted by atomic mass is 16.5. The summed E-state index contributed by atoms with van der Waals surface area (Å²) in [6, 6.07) is 0.413. The summed E-state index contributed by atoms with van der Waals surface area (Å²) in [6.45, 7) is 2.21. The molecule has 1 atom stereocenters. The highest BCUT2D eigenvalue weighted by molar-refractivity contribution is 5.80. The van der Waals surface area contributed by atoms with Gasteiger partial charge in [0.15, 0.2) is 0 Å². The fourth-order valence-electron chi connectivity index (χ4n) is 1.24. The number of rotatable bonds is 7. The molecule has 1 unspecified atom stereocenters. The third kappa shape index (κ3) is 5.11. The maximum absolute atomic E-state index is 11.3. The molecule has 1 saturated carbocycles. The lowest BCUT2D eigenvalue weighted by Crippen LogP contribution is -2.35. The summed E-state index contributed by atoms with van der Waals surface area (Å²) in [4.78, 5) is 22.5. The van der Waals surface area contributed by atoms with Gasteiger partial charge in [0.1, 0.15) is 6.10 Å². The summed E-state index contributed by atoms with van der Waals surface area (Å²) in [5.41, 5.74) is 0. The van der Waals surface area contributed by atoms with E-state index in [9.17, 15) is 9.59 Å². The van der Waals surface area contributed by atoms with Gasteiger partial charge in [0, 0.05) is 26.1 Å². The molecule has 0 aromatic carbocycles. The molecule has 2 N–H and O–H groups in total. The van der Waals surface area contributed by atoms with Crippen LogP contribution in [0.25, 0.3) is 0 Å². The topological polar surface area (TPSA) is 67.4 Å². The normalized spacial score (nSPS) is 16.6. The number of amides is 2. The van der Waals surface area contributed by atoms with Crippen LogP contribution in [0.5, 0.6) is 0 Å². The van der Waals surface area contributed by atoms with E-state index in [0.717, 1.165) is 12.8 Å². The quantitative estimate of drug-likeness (QED) is 0.611. The van der Waals surface area contributed by atoms with Gasteiger partial charge >= 0.3 is 0 Å². The molecule has 0 saturated heterocycles. The molecule has 0 radical (unpaired) electrons. The molecule has 0 spiro atoms. The molecule has 1 fully saturated rings. The van der Waals surface area contributed by atoms with Crippen LogP contribution in [0.4, 0.5) is 0 Å². The SMILES string of the molecule is COC(C)C(=O)NCCCC(=O)NC1CC1. The second-order valence-electron chi connectivity index (χ2n) is 4.11. The van der Waals surface area contributed by atoms with Crippen LogP contribution in [0, 0.1) is 0 Å². The Kier molecular flexibility index (Phi) is 5.25. The van der Waals surface area contributed by atoms with Gasteiger partial charge in [0.2, 0.25) is 11.8 Å². The average Bonchev–Trinajstić information content (AvgIpc) is 3.06. The summed E-state index contributed by atoms with van der Waals surface area (Å²) in [7, 11) is 1.49. The number of methoxy groups -OCH3 is 1. The van der Waals surface area contributed by atoms with Crippen molar-refractivity contribution in [3.8, 4) is 0 Å². The van der Waals surface area contributed by atoms with Gasteiger partial charge in [-0.25, -0.2) is 0 Å². The highest BCUT2D eigenvalue weighted by Gasteiger charge is 2.22. The van der Waals surface area contributed by atoms with E-state index in [1.807, 2.05) is 0 Å². The van der Waals surface area contributed by atoms with Crippen LogP contribution in [-0.2, 0) is 14.3 Å². The van der Waals surface area contributed by atoms with Gasteiger partial charge in [-0.3, -0.25) is 9.59 Å². The van der Waals surface area contributed by atoms with Crippen molar-refractivity contribution in [1.82, 2.24) is 10.6 Å². The monoisotopic (exact) mass is 228 g/mol. The molecule has 0 aromatic rings. The second kappa shape index (κ2) is 6.48. The molecule has 0 aliphatic heterocycles. The van der Waals surface area contributed by atoms with Crippen LogP contribution < -0.4 is 10.6 Å². The zero-order valence-corrected chi connectivity index (χ0v) is 9.91. The molecule has 1 rings (SSSR count). The second-order valence-corrected chi connectivity index (χ2v) is 4.11. The van der Waals surface area contributed by atoms with Crippen LogP contribution >= 0.6 is 0 Å². The fraction of sp³-hybridized carbons (Fsp3) is 0.818. The van der Waals surface area contributed by atoms with Gasteiger partial charge in [-0.1, -0.05) is 0 Å². The van der Waals surface area contributed by atoms with E-state index in [-0.39, 0.29) is 11.8 Å². The first-order chi connectivity index (χ1) is 7.63. The van der Waals surface area contributed by atoms with Crippen LogP contribution in [0.1, 0.15) is 32.6 Å². The van der Waals surface area contributed by atoms with E-state index in [2.05, 4.69) is 10.6 Å². The van der Waals surface area contributed by atoms with Gasteiger partial charge < -0.3 is 15.4 Å². The van der Waals surface area contributed by atoms with Crippen molar-refractivity contribution >= 4 is 11.8 Å². The lowest BCUT2D eigenvalue weighted by atomic mass is 10.3. The summed E-state index contributed by atoms with van der Waals surface area (Å²) in [6.07, 6.45) is 2.92. The Morgan fingerprint density at radius 3 is 2.69 bits per heavy atom. The largest absolute Gasteiger partial charge is 0.372 e. The van der Waals surface area contributed by atoms with Crippen LogP contribution in [0.2, 0.25) is 0 Å². The van der Waals surface area contributed by atoms with E-state index in [1.54, 1.807) is 6.92 Å². The molecule has 5 nitrogen and oxygen atoms in total. The van der Waals surface area contributed by atoms with Crippen LogP contribution in [0.3, 0.4) is 0 Å². The van der Waals surface area contributed by atoms with Gasteiger partial charge in [-0.05, 0) is 26.2 Å². The smallest absolute Gasteiger partial charge is 0.248 e. The molecule has 0 bridgehead atoms. The number of carbonyl (C=O) groups is 2. The van der Waals surface area contributed by atoms with Crippen molar-refractivity contribution in [2.24, 2.45) is 0 Å². The third-order valence-corrected chi connectivity index (χ3v) is 2.55. The van der Waals surface area contributed by atoms with E-state index in [4.69, 9.17) is 4.74 Å². The Balaban J connectivity index is 1.97. The first kappa shape index (κ1) is 13.0. The van der Waals surface area contributed by atoms with Crippen molar-refractivity contribution in [2.75, 3.05) is 13.7 Å². The Hall–Kier alpha value is -1.10. The van der Waals surface area contributed by atoms with Crippen LogP contribution in [-0.4, -0.2) is 37.6 Å². The van der Waals surface area contributed by atoms with Gasteiger partial charge in [-0.15, -0.1) is 0 Å². The lowest BCUT2D eigenvalue weighted by molar-refractivity contribution is -0.130. The molecule has 2 amide bonds. The molecule has 92 valence electrons. The number of carbonyl (C=O) groups excluding carboxylic acids is 2. The molecular formula is C11H20N2O3. The minimum Gasteiger partial charge on any atom is -0.372 e. The maximum atomic E-state index is 11.3. The zero-order chi connectivity index (χ0) is 12.0. The number of ether oxygens (including phenoxy) is 1. The van der Waals surface area contributed by atoms with Crippen molar-refractivity contribution in [3.05, 3.63) is 0 Å². The minimum atomic E-state index is -0.430. The summed E-state index contributed by atoms with van der Waals surface area (Å²) in [5, 5.41) is 5.61. The minimum absolute atomic E-state index is 0.0801. The highest BCUT2D eigenvalue weighted by Crippen LogP contribution is 2.18. The van der Waals surface area contributed by atoms with Crippen molar-refractivity contribution in [2.45, 2.75) is 44.8 Å². The van der Waals surface area contributed by atoms with Gasteiger partial charge in [0.25, 0.3) is 0 Å². The van der Waals surface area contributed by atoms with Gasteiger partial charge in [-0.2, -0.15) is 0 Å². The molecule has 0 aromatic heterocycles. The first-order valence-electron chi connectivity index (χ1n) is 5.73. The predicted molar refractivity (Wildman–Crippen MR) is 59.9 cm³/mol. The molecule has 1 aliphatic rings. The summed E-state index contributed by atoms with van der Waals surface area (Å²) >= 11 is 0. The van der Waals surface area contributed by atoms with E-state index in [0.29, 0.717) is 25.4 Å². The molecular weight excluding hydrogens is 208 g/mol. The zero-order valence-electron chi connectivity index (χ0n) is 9.91. The van der Waals surface area contributed by atoms with Crippen molar-refractivity contribution < 1.29 is 14.3 Å². The lowest BCUT2D eigenvalue weighted by Gasteiger charge is -2.10. The van der Waals surface area contributed by atoms with E-state index >= 15 is 0 Å². The third-order valence-electron chi connectivity index (χ3n) is 2.55. The van der Waals surface area contributed by atoms with Crippen LogP contribution in [0.15, 0.2) is 0 Å². The number of hydrogen-bond donors (Lipinski definition) is 2. The van der Waals surface area contributed by atoms with E-state index in [1.165, 1.54) is 7.11 Å². The Morgan fingerprint density at radius 2 is 2.12 bits per heavy atom. The fourth-order valence-corrected chi connectivity index (χ4v) is 1.24. The van der Waals surface area contributed by atoms with E-state index < -0.39 is 6.10 Å². The molecule has 5 heteroatoms. The standard InChI is InChI=1S/C11H20N2O3/c1-8(16-2)11(15)12-7-3-4-10(14)13-9-5-6-9/h8-9H,3-7H2,1-2H3,(H,12,15)(H,13,14). The average molecular weight is 228 g/mol. The predicted octanol–water partition coefficient (Wildman–Crippen LogP) is 0.196. The van der Waals surface area contributed by atoms with Crippen molar-refractivity contribution in [3.63, 3.8) is 0 Å². The van der Waals surface area contributed by atoms with Gasteiger partial charge in [0.05, 0.1) is 0 Å². The van der Waals surface area contributed by atoms with Crippen molar-refractivity contribution in [1.29, 1.82) is 0 Å².